The normalized spacial score (nSPS) is 10.9. The molecule has 2 aromatic carbocycles. The maximum Gasteiger partial charge on any atom is 0.208 e. The van der Waals surface area contributed by atoms with Crippen LogP contribution in [0.4, 0.5) is 35.1 Å². The Labute approximate surface area is 113 Å². The molecule has 0 bridgehead atoms. The minimum absolute atomic E-state index is 0.104. The maximum atomic E-state index is 13.4. The Hall–Kier alpha value is -2.06. The lowest BCUT2D eigenvalue weighted by molar-refractivity contribution is 0.460. The maximum absolute atomic E-state index is 13.4. The van der Waals surface area contributed by atoms with Gasteiger partial charge in [-0.3, -0.25) is 0 Å². The first-order chi connectivity index (χ1) is 9.73. The minimum Gasteiger partial charge on any atom is -0.204 e. The van der Waals surface area contributed by atoms with Crippen molar-refractivity contribution in [3.05, 3.63) is 58.7 Å². The summed E-state index contributed by atoms with van der Waals surface area (Å²) in [4.78, 5) is 0. The van der Waals surface area contributed by atoms with E-state index in [2.05, 4.69) is 0 Å². The molecule has 0 heterocycles. The summed E-state index contributed by atoms with van der Waals surface area (Å²) in [5.74, 6) is -14.8. The molecule has 0 fully saturated rings. The monoisotopic (exact) mass is 310 g/mol. The lowest BCUT2D eigenvalue weighted by atomic mass is 9.62. The molecule has 0 aromatic heterocycles. The van der Waals surface area contributed by atoms with Gasteiger partial charge in [0.1, 0.15) is 0 Å². The number of hydrogen-bond donors (Lipinski definition) is 0. The summed E-state index contributed by atoms with van der Waals surface area (Å²) in [5.41, 5.74) is -2.76. The van der Waals surface area contributed by atoms with Crippen molar-refractivity contribution < 1.29 is 35.1 Å². The predicted octanol–water partition coefficient (Wildman–Crippen LogP) is 2.19. The van der Waals surface area contributed by atoms with Crippen molar-refractivity contribution in [2.75, 3.05) is 0 Å². The Morgan fingerprint density at radius 2 is 0.714 bits per heavy atom. The second-order valence-electron chi connectivity index (χ2n) is 4.07. The molecule has 0 radical (unpaired) electrons. The summed E-state index contributed by atoms with van der Waals surface area (Å²) in [5, 5.41) is 0. The zero-order chi connectivity index (χ0) is 15.9. The molecule has 0 saturated heterocycles. The summed E-state index contributed by atoms with van der Waals surface area (Å²) in [6, 6.07) is -0.208. The first-order valence-corrected chi connectivity index (χ1v) is 5.37. The lowest BCUT2D eigenvalue weighted by Gasteiger charge is -2.09. The van der Waals surface area contributed by atoms with Crippen LogP contribution in [0.1, 0.15) is 0 Å². The van der Waals surface area contributed by atoms with Crippen LogP contribution >= 0.6 is 0 Å². The van der Waals surface area contributed by atoms with Crippen molar-refractivity contribution in [1.29, 1.82) is 0 Å². The zero-order valence-electron chi connectivity index (χ0n) is 9.89. The van der Waals surface area contributed by atoms with Crippen molar-refractivity contribution in [2.45, 2.75) is 0 Å². The van der Waals surface area contributed by atoms with Gasteiger partial charge in [0.15, 0.2) is 46.5 Å². The number of rotatable bonds is 2. The van der Waals surface area contributed by atoms with Gasteiger partial charge in [0.2, 0.25) is 7.28 Å². The fourth-order valence-electron chi connectivity index (χ4n) is 1.73. The quantitative estimate of drug-likeness (QED) is 0.453. The van der Waals surface area contributed by atoms with Crippen LogP contribution in [-0.2, 0) is 0 Å². The average molecular weight is 310 g/mol. The largest absolute Gasteiger partial charge is 0.208 e. The van der Waals surface area contributed by atoms with Crippen LogP contribution in [0.15, 0.2) is 12.1 Å². The summed E-state index contributed by atoms with van der Waals surface area (Å²) in [7, 11) is -1.40. The SMILES string of the molecule is Fc1cc(F)c(F)c(Bc2c(F)c(F)cc(F)c2F)c1F. The third kappa shape index (κ3) is 2.59. The van der Waals surface area contributed by atoms with Gasteiger partial charge in [-0.15, -0.1) is 0 Å². The van der Waals surface area contributed by atoms with E-state index < -0.39 is 64.7 Å². The van der Waals surface area contributed by atoms with Gasteiger partial charge in [-0.2, -0.15) is 0 Å². The highest BCUT2D eigenvalue weighted by molar-refractivity contribution is 6.67. The molecule has 0 N–H and O–H groups in total. The van der Waals surface area contributed by atoms with Crippen LogP contribution < -0.4 is 10.9 Å². The third-order valence-electron chi connectivity index (χ3n) is 2.76. The fraction of sp³-hybridized carbons (Fsp3) is 0. The van der Waals surface area contributed by atoms with Crippen LogP contribution in [0.2, 0.25) is 0 Å². The van der Waals surface area contributed by atoms with Gasteiger partial charge in [0, 0.05) is 12.1 Å². The lowest BCUT2D eigenvalue weighted by Crippen LogP contribution is -2.38. The molecule has 21 heavy (non-hydrogen) atoms. The Bertz CT molecular complexity index is 614. The number of benzene rings is 2. The van der Waals surface area contributed by atoms with Crippen LogP contribution in [0.5, 0.6) is 0 Å². The highest BCUT2D eigenvalue weighted by atomic mass is 19.2. The van der Waals surface area contributed by atoms with Crippen LogP contribution in [-0.4, -0.2) is 7.28 Å². The predicted molar refractivity (Wildman–Crippen MR) is 59.0 cm³/mol. The summed E-state index contributed by atoms with van der Waals surface area (Å²) < 4.78 is 105. The third-order valence-corrected chi connectivity index (χ3v) is 2.76. The van der Waals surface area contributed by atoms with Crippen molar-refractivity contribution in [1.82, 2.24) is 0 Å². The second-order valence-corrected chi connectivity index (χ2v) is 4.07. The fourth-order valence-corrected chi connectivity index (χ4v) is 1.73. The zero-order valence-corrected chi connectivity index (χ0v) is 9.89. The molecule has 2 aromatic rings. The van der Waals surface area contributed by atoms with Gasteiger partial charge in [0.05, 0.1) is 0 Å². The van der Waals surface area contributed by atoms with Gasteiger partial charge in [0.25, 0.3) is 0 Å². The first kappa shape index (κ1) is 15.3. The topological polar surface area (TPSA) is 0 Å². The molecule has 0 unspecified atom stereocenters. The van der Waals surface area contributed by atoms with E-state index in [0.717, 1.165) is 0 Å². The van der Waals surface area contributed by atoms with E-state index in [4.69, 9.17) is 0 Å². The standard InChI is InChI=1S/C12H3BF8/c14-3-1-4(15)10(19)7(9(3)18)13-8-11(20)5(16)2-6(17)12(8)21/h1-2,13H. The molecule has 0 amide bonds. The van der Waals surface area contributed by atoms with Crippen LogP contribution in [0.3, 0.4) is 0 Å². The van der Waals surface area contributed by atoms with Crippen LogP contribution in [0, 0.1) is 46.5 Å². The molecule has 0 aliphatic heterocycles. The molecular formula is C12H3BF8. The van der Waals surface area contributed by atoms with Crippen molar-refractivity contribution in [3.8, 4) is 0 Å². The highest BCUT2D eigenvalue weighted by Gasteiger charge is 2.26. The highest BCUT2D eigenvalue weighted by Crippen LogP contribution is 2.13. The number of hydrogen-bond acceptors (Lipinski definition) is 0. The second kappa shape index (κ2) is 5.38. The molecule has 0 spiro atoms. The van der Waals surface area contributed by atoms with Crippen molar-refractivity contribution >= 4 is 18.2 Å². The van der Waals surface area contributed by atoms with Gasteiger partial charge in [-0.25, -0.2) is 35.1 Å². The van der Waals surface area contributed by atoms with Gasteiger partial charge < -0.3 is 0 Å². The summed E-state index contributed by atoms with van der Waals surface area (Å²) in [6.45, 7) is 0. The van der Waals surface area contributed by atoms with Crippen molar-refractivity contribution in [2.24, 2.45) is 0 Å². The van der Waals surface area contributed by atoms with E-state index in [1.54, 1.807) is 0 Å². The molecule has 0 aliphatic carbocycles. The van der Waals surface area contributed by atoms with Gasteiger partial charge in [-0.1, -0.05) is 0 Å². The smallest absolute Gasteiger partial charge is 0.204 e. The van der Waals surface area contributed by atoms with E-state index in [9.17, 15) is 35.1 Å². The molecule has 9 heteroatoms. The molecule has 0 saturated carbocycles. The van der Waals surface area contributed by atoms with E-state index in [0.29, 0.717) is 0 Å². The molecule has 0 nitrogen and oxygen atoms in total. The van der Waals surface area contributed by atoms with E-state index in [-0.39, 0.29) is 12.1 Å². The average Bonchev–Trinajstić information content (AvgIpc) is 2.42. The molecule has 2 rings (SSSR count). The van der Waals surface area contributed by atoms with Gasteiger partial charge >= 0.3 is 0 Å². The minimum atomic E-state index is -1.91. The summed E-state index contributed by atoms with van der Waals surface area (Å²) in [6.07, 6.45) is 0. The van der Waals surface area contributed by atoms with Gasteiger partial charge in [-0.05, 0) is 10.9 Å². The van der Waals surface area contributed by atoms with E-state index in [1.165, 1.54) is 0 Å². The molecule has 0 aliphatic rings. The van der Waals surface area contributed by atoms with E-state index >= 15 is 0 Å². The Morgan fingerprint density at radius 3 is 0.952 bits per heavy atom. The molecule has 110 valence electrons. The molecular weight excluding hydrogens is 307 g/mol. The van der Waals surface area contributed by atoms with E-state index in [1.807, 2.05) is 0 Å². The Kier molecular flexibility index (Phi) is 3.93. The van der Waals surface area contributed by atoms with Crippen LogP contribution in [0.25, 0.3) is 0 Å². The van der Waals surface area contributed by atoms with Crippen molar-refractivity contribution in [3.63, 3.8) is 0 Å². The Balaban J connectivity index is 2.64. The molecule has 0 atom stereocenters. The number of halogens is 8. The first-order valence-electron chi connectivity index (χ1n) is 5.37. The summed E-state index contributed by atoms with van der Waals surface area (Å²) >= 11 is 0. The Morgan fingerprint density at radius 1 is 0.476 bits per heavy atom.